The molecular weight excluding hydrogens is 178 g/mol. The Kier molecular flexibility index (Phi) is 3.65. The van der Waals surface area contributed by atoms with Crippen molar-refractivity contribution < 1.29 is 9.53 Å². The van der Waals surface area contributed by atoms with E-state index in [1.165, 1.54) is 0 Å². The van der Waals surface area contributed by atoms with Crippen LogP contribution in [-0.4, -0.2) is 12.0 Å². The maximum Gasteiger partial charge on any atom is 0.248 e. The van der Waals surface area contributed by atoms with E-state index in [9.17, 15) is 4.79 Å². The van der Waals surface area contributed by atoms with E-state index in [0.29, 0.717) is 12.2 Å². The summed E-state index contributed by atoms with van der Waals surface area (Å²) in [5.41, 5.74) is 6.69. The van der Waals surface area contributed by atoms with Crippen molar-refractivity contribution in [2.24, 2.45) is 5.73 Å². The largest absolute Gasteiger partial charge is 0.374 e. The third kappa shape index (κ3) is 3.18. The van der Waals surface area contributed by atoms with E-state index in [2.05, 4.69) is 0 Å². The number of primary amides is 1. The van der Waals surface area contributed by atoms with Crippen LogP contribution in [0.5, 0.6) is 0 Å². The quantitative estimate of drug-likeness (QED) is 0.791. The molecule has 3 heteroatoms. The first-order valence-electron chi connectivity index (χ1n) is 4.60. The monoisotopic (exact) mass is 193 g/mol. The molecule has 0 aliphatic heterocycles. The van der Waals surface area contributed by atoms with Gasteiger partial charge in [0.15, 0.2) is 0 Å². The molecule has 3 nitrogen and oxygen atoms in total. The molecule has 1 aromatic rings. The fraction of sp³-hybridized carbons (Fsp3) is 0.364. The molecule has 0 aliphatic rings. The summed E-state index contributed by atoms with van der Waals surface area (Å²) in [6, 6.07) is 7.12. The molecule has 0 aliphatic carbocycles. The lowest BCUT2D eigenvalue weighted by molar-refractivity contribution is 0.0657. The van der Waals surface area contributed by atoms with Gasteiger partial charge < -0.3 is 10.5 Å². The number of ether oxygens (including phenoxy) is 1. The number of nitrogens with two attached hydrogens (primary N) is 1. The molecule has 0 heterocycles. The van der Waals surface area contributed by atoms with Crippen molar-refractivity contribution in [2.45, 2.75) is 26.6 Å². The van der Waals surface area contributed by atoms with Crippen LogP contribution < -0.4 is 5.73 Å². The SMILES string of the molecule is CC(C)OCc1ccc(C(N)=O)cc1. The number of carbonyl (C=O) groups excluding carboxylic acids is 1. The predicted molar refractivity (Wildman–Crippen MR) is 54.9 cm³/mol. The Morgan fingerprint density at radius 3 is 2.36 bits per heavy atom. The summed E-state index contributed by atoms with van der Waals surface area (Å²) in [7, 11) is 0. The van der Waals surface area contributed by atoms with Gasteiger partial charge in [-0.15, -0.1) is 0 Å². The normalized spacial score (nSPS) is 10.5. The summed E-state index contributed by atoms with van der Waals surface area (Å²) in [6.07, 6.45) is 0.214. The summed E-state index contributed by atoms with van der Waals surface area (Å²) in [6.45, 7) is 4.53. The van der Waals surface area contributed by atoms with Gasteiger partial charge in [-0.1, -0.05) is 12.1 Å². The highest BCUT2D eigenvalue weighted by molar-refractivity contribution is 5.92. The van der Waals surface area contributed by atoms with Crippen molar-refractivity contribution in [1.29, 1.82) is 0 Å². The van der Waals surface area contributed by atoms with E-state index >= 15 is 0 Å². The standard InChI is InChI=1S/C11H15NO2/c1-8(2)14-7-9-3-5-10(6-4-9)11(12)13/h3-6,8H,7H2,1-2H3,(H2,12,13). The van der Waals surface area contributed by atoms with Crippen molar-refractivity contribution in [3.63, 3.8) is 0 Å². The van der Waals surface area contributed by atoms with Gasteiger partial charge in [0.05, 0.1) is 12.7 Å². The molecule has 0 saturated carbocycles. The Labute approximate surface area is 83.9 Å². The molecule has 0 spiro atoms. The fourth-order valence-electron chi connectivity index (χ4n) is 1.03. The molecule has 0 aromatic heterocycles. The second-order valence-corrected chi connectivity index (χ2v) is 3.42. The zero-order valence-electron chi connectivity index (χ0n) is 8.49. The molecule has 1 aromatic carbocycles. The predicted octanol–water partition coefficient (Wildman–Crippen LogP) is 1.71. The minimum Gasteiger partial charge on any atom is -0.374 e. The molecule has 0 radical (unpaired) electrons. The summed E-state index contributed by atoms with van der Waals surface area (Å²) in [5, 5.41) is 0. The molecule has 0 unspecified atom stereocenters. The van der Waals surface area contributed by atoms with Crippen molar-refractivity contribution in [3.8, 4) is 0 Å². The Hall–Kier alpha value is -1.35. The van der Waals surface area contributed by atoms with Gasteiger partial charge in [0.25, 0.3) is 0 Å². The second-order valence-electron chi connectivity index (χ2n) is 3.42. The number of hydrogen-bond acceptors (Lipinski definition) is 2. The Bertz CT molecular complexity index is 304. The fourth-order valence-corrected chi connectivity index (χ4v) is 1.03. The van der Waals surface area contributed by atoms with Crippen LogP contribution in [0.3, 0.4) is 0 Å². The van der Waals surface area contributed by atoms with Crippen molar-refractivity contribution in [3.05, 3.63) is 35.4 Å². The lowest BCUT2D eigenvalue weighted by Crippen LogP contribution is -2.10. The minimum atomic E-state index is -0.402. The molecule has 0 bridgehead atoms. The zero-order chi connectivity index (χ0) is 10.6. The van der Waals surface area contributed by atoms with Gasteiger partial charge in [-0.2, -0.15) is 0 Å². The van der Waals surface area contributed by atoms with E-state index < -0.39 is 5.91 Å². The second kappa shape index (κ2) is 4.77. The topological polar surface area (TPSA) is 52.3 Å². The van der Waals surface area contributed by atoms with E-state index in [0.717, 1.165) is 5.56 Å². The summed E-state index contributed by atoms with van der Waals surface area (Å²) < 4.78 is 5.41. The van der Waals surface area contributed by atoms with Crippen LogP contribution in [-0.2, 0) is 11.3 Å². The first kappa shape index (κ1) is 10.7. The van der Waals surface area contributed by atoms with Crippen LogP contribution in [0.4, 0.5) is 0 Å². The maximum atomic E-state index is 10.8. The van der Waals surface area contributed by atoms with Crippen molar-refractivity contribution >= 4 is 5.91 Å². The molecule has 0 saturated heterocycles. The van der Waals surface area contributed by atoms with Gasteiger partial charge in [-0.25, -0.2) is 0 Å². The highest BCUT2D eigenvalue weighted by atomic mass is 16.5. The first-order chi connectivity index (χ1) is 6.59. The van der Waals surface area contributed by atoms with Crippen LogP contribution in [0.2, 0.25) is 0 Å². The van der Waals surface area contributed by atoms with Crippen molar-refractivity contribution in [1.82, 2.24) is 0 Å². The number of benzene rings is 1. The number of hydrogen-bond donors (Lipinski definition) is 1. The zero-order valence-corrected chi connectivity index (χ0v) is 8.49. The molecule has 1 rings (SSSR count). The minimum absolute atomic E-state index is 0.214. The molecule has 0 fully saturated rings. The molecule has 76 valence electrons. The molecule has 0 atom stereocenters. The summed E-state index contributed by atoms with van der Waals surface area (Å²) in [5.74, 6) is -0.402. The average molecular weight is 193 g/mol. The van der Waals surface area contributed by atoms with Gasteiger partial charge in [0, 0.05) is 5.56 Å². The molecular formula is C11H15NO2. The smallest absolute Gasteiger partial charge is 0.248 e. The Morgan fingerprint density at radius 1 is 1.36 bits per heavy atom. The van der Waals surface area contributed by atoms with Gasteiger partial charge in [-0.05, 0) is 31.5 Å². The van der Waals surface area contributed by atoms with Crippen LogP contribution >= 0.6 is 0 Å². The van der Waals surface area contributed by atoms with Crippen LogP contribution in [0.25, 0.3) is 0 Å². The lowest BCUT2D eigenvalue weighted by atomic mass is 10.1. The van der Waals surface area contributed by atoms with E-state index in [1.54, 1.807) is 12.1 Å². The average Bonchev–Trinajstić information content (AvgIpc) is 2.15. The van der Waals surface area contributed by atoms with E-state index in [-0.39, 0.29) is 6.10 Å². The third-order valence-corrected chi connectivity index (χ3v) is 1.82. The van der Waals surface area contributed by atoms with Crippen LogP contribution in [0.15, 0.2) is 24.3 Å². The summed E-state index contributed by atoms with van der Waals surface area (Å²) >= 11 is 0. The third-order valence-electron chi connectivity index (χ3n) is 1.82. The number of amides is 1. The van der Waals surface area contributed by atoms with Crippen molar-refractivity contribution in [2.75, 3.05) is 0 Å². The van der Waals surface area contributed by atoms with Gasteiger partial charge >= 0.3 is 0 Å². The van der Waals surface area contributed by atoms with E-state index in [4.69, 9.17) is 10.5 Å². The first-order valence-corrected chi connectivity index (χ1v) is 4.60. The lowest BCUT2D eigenvalue weighted by Gasteiger charge is -2.07. The van der Waals surface area contributed by atoms with Gasteiger partial charge in [-0.3, -0.25) is 4.79 Å². The van der Waals surface area contributed by atoms with Crippen LogP contribution in [0, 0.1) is 0 Å². The van der Waals surface area contributed by atoms with Gasteiger partial charge in [0.2, 0.25) is 5.91 Å². The maximum absolute atomic E-state index is 10.8. The van der Waals surface area contributed by atoms with Crippen LogP contribution in [0.1, 0.15) is 29.8 Å². The molecule has 1 amide bonds. The number of rotatable bonds is 4. The Morgan fingerprint density at radius 2 is 1.93 bits per heavy atom. The molecule has 14 heavy (non-hydrogen) atoms. The van der Waals surface area contributed by atoms with Gasteiger partial charge in [0.1, 0.15) is 0 Å². The summed E-state index contributed by atoms with van der Waals surface area (Å²) in [4.78, 5) is 10.8. The Balaban J connectivity index is 2.60. The highest BCUT2D eigenvalue weighted by Crippen LogP contribution is 2.06. The van der Waals surface area contributed by atoms with E-state index in [1.807, 2.05) is 26.0 Å². The highest BCUT2D eigenvalue weighted by Gasteiger charge is 2.00. The number of carbonyl (C=O) groups is 1. The molecule has 2 N–H and O–H groups in total.